The molecule has 3 rings (SSSR count). The first-order valence-corrected chi connectivity index (χ1v) is 7.10. The van der Waals surface area contributed by atoms with Gasteiger partial charge in [-0.3, -0.25) is 4.79 Å². The van der Waals surface area contributed by atoms with E-state index < -0.39 is 11.6 Å². The van der Waals surface area contributed by atoms with E-state index in [1.54, 1.807) is 18.2 Å². The van der Waals surface area contributed by atoms with Gasteiger partial charge in [0.15, 0.2) is 0 Å². The zero-order valence-corrected chi connectivity index (χ0v) is 12.2. The zero-order valence-electron chi connectivity index (χ0n) is 11.5. The minimum atomic E-state index is -0.741. The Kier molecular flexibility index (Phi) is 3.98. The van der Waals surface area contributed by atoms with Crippen molar-refractivity contribution in [1.29, 1.82) is 0 Å². The number of fused-ring (bicyclic) bond motifs is 1. The van der Waals surface area contributed by atoms with E-state index in [2.05, 4.69) is 5.32 Å². The van der Waals surface area contributed by atoms with Gasteiger partial charge in [0.05, 0.1) is 5.56 Å². The highest BCUT2D eigenvalue weighted by Gasteiger charge is 2.16. The average molecular weight is 324 g/mol. The molecule has 1 N–H and O–H groups in total. The van der Waals surface area contributed by atoms with Crippen LogP contribution in [0.1, 0.15) is 17.5 Å². The number of carbonyl (C=O) groups excluding carboxylic acids is 1. The Labute approximate surface area is 130 Å². The predicted molar refractivity (Wildman–Crippen MR) is 79.1 cm³/mol. The lowest BCUT2D eigenvalue weighted by Gasteiger charge is -2.18. The number of carbonyl (C=O) groups is 1. The van der Waals surface area contributed by atoms with Gasteiger partial charge in [-0.05, 0) is 42.3 Å². The quantitative estimate of drug-likeness (QED) is 0.924. The molecule has 0 atom stereocenters. The lowest BCUT2D eigenvalue weighted by Crippen LogP contribution is -2.18. The average Bonchev–Trinajstić information content (AvgIpc) is 2.46. The first kappa shape index (κ1) is 14.8. The van der Waals surface area contributed by atoms with Crippen LogP contribution in [0.4, 0.5) is 14.5 Å². The Morgan fingerprint density at radius 3 is 2.59 bits per heavy atom. The normalized spacial score (nSPS) is 13.5. The second-order valence-corrected chi connectivity index (χ2v) is 5.44. The van der Waals surface area contributed by atoms with Gasteiger partial charge < -0.3 is 10.1 Å². The molecule has 1 heterocycles. The fourth-order valence-electron chi connectivity index (χ4n) is 2.32. The van der Waals surface area contributed by atoms with Crippen molar-refractivity contribution >= 4 is 23.2 Å². The summed E-state index contributed by atoms with van der Waals surface area (Å²) < 4.78 is 32.8. The van der Waals surface area contributed by atoms with Gasteiger partial charge in [-0.2, -0.15) is 0 Å². The fraction of sp³-hybridized carbons (Fsp3) is 0.188. The second kappa shape index (κ2) is 5.93. The van der Waals surface area contributed by atoms with Crippen molar-refractivity contribution in [1.82, 2.24) is 0 Å². The molecule has 1 aliphatic heterocycles. The van der Waals surface area contributed by atoms with Crippen LogP contribution in [-0.4, -0.2) is 5.91 Å². The largest absolute Gasteiger partial charge is 0.489 e. The maximum Gasteiger partial charge on any atom is 0.224 e. The smallest absolute Gasteiger partial charge is 0.224 e. The molecule has 22 heavy (non-hydrogen) atoms. The Morgan fingerprint density at radius 2 is 1.86 bits per heavy atom. The highest BCUT2D eigenvalue weighted by molar-refractivity contribution is 6.30. The molecule has 0 bridgehead atoms. The van der Waals surface area contributed by atoms with Crippen molar-refractivity contribution in [2.75, 3.05) is 5.32 Å². The molecule has 2 aromatic carbocycles. The molecule has 6 heteroatoms. The SMILES string of the molecule is O=C1CCc2cc(OCc3c(F)cc(Cl)cc3F)ccc2N1. The molecular formula is C16H12ClF2NO2. The van der Waals surface area contributed by atoms with E-state index in [1.807, 2.05) is 0 Å². The van der Waals surface area contributed by atoms with E-state index in [9.17, 15) is 13.6 Å². The van der Waals surface area contributed by atoms with Gasteiger partial charge in [0.25, 0.3) is 0 Å². The topological polar surface area (TPSA) is 38.3 Å². The van der Waals surface area contributed by atoms with E-state index in [-0.39, 0.29) is 23.1 Å². The number of ether oxygens (including phenoxy) is 1. The molecule has 0 saturated carbocycles. The highest BCUT2D eigenvalue weighted by Crippen LogP contribution is 2.28. The van der Waals surface area contributed by atoms with Crippen molar-refractivity contribution in [3.05, 3.63) is 58.1 Å². The van der Waals surface area contributed by atoms with Crippen LogP contribution in [-0.2, 0) is 17.8 Å². The summed E-state index contributed by atoms with van der Waals surface area (Å²) in [7, 11) is 0. The van der Waals surface area contributed by atoms with Crippen LogP contribution in [0, 0.1) is 11.6 Å². The molecule has 114 valence electrons. The summed E-state index contributed by atoms with van der Waals surface area (Å²) in [4.78, 5) is 11.3. The summed E-state index contributed by atoms with van der Waals surface area (Å²) in [5.74, 6) is -1.01. The first-order valence-electron chi connectivity index (χ1n) is 6.72. The maximum absolute atomic E-state index is 13.7. The van der Waals surface area contributed by atoms with Gasteiger partial charge in [-0.15, -0.1) is 0 Å². The van der Waals surface area contributed by atoms with Gasteiger partial charge in [0.2, 0.25) is 5.91 Å². The summed E-state index contributed by atoms with van der Waals surface area (Å²) in [5, 5.41) is 2.76. The van der Waals surface area contributed by atoms with Crippen molar-refractivity contribution in [3.63, 3.8) is 0 Å². The molecule has 0 spiro atoms. The van der Waals surface area contributed by atoms with Crippen LogP contribution in [0.15, 0.2) is 30.3 Å². The number of nitrogens with one attached hydrogen (secondary N) is 1. The van der Waals surface area contributed by atoms with Gasteiger partial charge >= 0.3 is 0 Å². The molecule has 0 saturated heterocycles. The Morgan fingerprint density at radius 1 is 1.14 bits per heavy atom. The van der Waals surface area contributed by atoms with Crippen LogP contribution in [0.25, 0.3) is 0 Å². The van der Waals surface area contributed by atoms with Crippen LogP contribution < -0.4 is 10.1 Å². The van der Waals surface area contributed by atoms with Gasteiger partial charge in [0.1, 0.15) is 24.0 Å². The third-order valence-corrected chi connectivity index (χ3v) is 3.68. The number of hydrogen-bond donors (Lipinski definition) is 1. The predicted octanol–water partition coefficient (Wildman–Crippen LogP) is 4.08. The van der Waals surface area contributed by atoms with E-state index >= 15 is 0 Å². The molecule has 0 unspecified atom stereocenters. The second-order valence-electron chi connectivity index (χ2n) is 5.00. The number of hydrogen-bond acceptors (Lipinski definition) is 2. The van der Waals surface area contributed by atoms with Gasteiger partial charge in [-0.25, -0.2) is 8.78 Å². The van der Waals surface area contributed by atoms with Gasteiger partial charge in [-0.1, -0.05) is 11.6 Å². The zero-order chi connectivity index (χ0) is 15.7. The monoisotopic (exact) mass is 323 g/mol. The number of halogens is 3. The third kappa shape index (κ3) is 3.04. The molecule has 1 aliphatic rings. The molecular weight excluding hydrogens is 312 g/mol. The minimum absolute atomic E-state index is 0.00303. The number of anilines is 1. The van der Waals surface area contributed by atoms with E-state index in [0.29, 0.717) is 18.6 Å². The van der Waals surface area contributed by atoms with Crippen LogP contribution >= 0.6 is 11.6 Å². The van der Waals surface area contributed by atoms with E-state index in [1.165, 1.54) is 0 Å². The summed E-state index contributed by atoms with van der Waals surface area (Å²) in [6, 6.07) is 7.23. The van der Waals surface area contributed by atoms with Crippen LogP contribution in [0.2, 0.25) is 5.02 Å². The summed E-state index contributed by atoms with van der Waals surface area (Å²) in [6.45, 7) is -0.236. The summed E-state index contributed by atoms with van der Waals surface area (Å²) in [5.41, 5.74) is 1.51. The van der Waals surface area contributed by atoms with E-state index in [0.717, 1.165) is 23.4 Å². The summed E-state index contributed by atoms with van der Waals surface area (Å²) in [6.07, 6.45) is 1.03. The standard InChI is InChI=1S/C16H12ClF2NO2/c17-10-6-13(18)12(14(19)7-10)8-22-11-2-3-15-9(5-11)1-4-16(21)20-15/h2-3,5-7H,1,4,8H2,(H,20,21). The first-order chi connectivity index (χ1) is 10.5. The van der Waals surface area contributed by atoms with Crippen molar-refractivity contribution < 1.29 is 18.3 Å². The Bertz CT molecular complexity index is 726. The van der Waals surface area contributed by atoms with Crippen LogP contribution in [0.5, 0.6) is 5.75 Å². The van der Waals surface area contributed by atoms with Crippen molar-refractivity contribution in [3.8, 4) is 5.75 Å². The molecule has 1 amide bonds. The lowest BCUT2D eigenvalue weighted by atomic mass is 10.0. The summed E-state index contributed by atoms with van der Waals surface area (Å²) >= 11 is 5.58. The fourth-order valence-corrected chi connectivity index (χ4v) is 2.51. The van der Waals surface area contributed by atoms with Crippen molar-refractivity contribution in [2.45, 2.75) is 19.4 Å². The lowest BCUT2D eigenvalue weighted by molar-refractivity contribution is -0.116. The number of benzene rings is 2. The number of amides is 1. The van der Waals surface area contributed by atoms with Gasteiger partial charge in [0, 0.05) is 17.1 Å². The maximum atomic E-state index is 13.7. The number of rotatable bonds is 3. The molecule has 0 fully saturated rings. The Hall–Kier alpha value is -2.14. The molecule has 3 nitrogen and oxygen atoms in total. The number of aryl methyl sites for hydroxylation is 1. The van der Waals surface area contributed by atoms with Crippen molar-refractivity contribution in [2.24, 2.45) is 0 Å². The molecule has 0 aliphatic carbocycles. The Balaban J connectivity index is 1.76. The third-order valence-electron chi connectivity index (χ3n) is 3.46. The van der Waals surface area contributed by atoms with Crippen LogP contribution in [0.3, 0.4) is 0 Å². The molecule has 0 aromatic heterocycles. The highest BCUT2D eigenvalue weighted by atomic mass is 35.5. The molecule has 0 radical (unpaired) electrons. The van der Waals surface area contributed by atoms with E-state index in [4.69, 9.17) is 16.3 Å². The minimum Gasteiger partial charge on any atom is -0.489 e. The molecule has 2 aromatic rings.